The smallest absolute Gasteiger partial charge is 0.307 e. The minimum Gasteiger partial charge on any atom is -0.492 e. The van der Waals surface area contributed by atoms with Crippen LogP contribution in [0, 0.1) is 0 Å². The van der Waals surface area contributed by atoms with E-state index in [-0.39, 0.29) is 11.4 Å². The van der Waals surface area contributed by atoms with Gasteiger partial charge in [-0.15, -0.1) is 0 Å². The molecule has 0 saturated carbocycles. The number of allylic oxidation sites excluding steroid dienone is 3. The van der Waals surface area contributed by atoms with E-state index in [4.69, 9.17) is 14.2 Å². The lowest BCUT2D eigenvalue weighted by Crippen LogP contribution is -2.47. The number of aliphatic imine (C=N–C) groups is 1. The van der Waals surface area contributed by atoms with E-state index >= 15 is 0 Å². The number of hydrogen-bond donors (Lipinski definition) is 0. The molecule has 1 fully saturated rings. The molecule has 2 heterocycles. The highest BCUT2D eigenvalue weighted by Crippen LogP contribution is 2.45. The van der Waals surface area contributed by atoms with Gasteiger partial charge in [0.25, 0.3) is 0 Å². The van der Waals surface area contributed by atoms with Gasteiger partial charge in [0.15, 0.2) is 0 Å². The van der Waals surface area contributed by atoms with Gasteiger partial charge in [0.2, 0.25) is 0 Å². The van der Waals surface area contributed by atoms with Crippen LogP contribution in [0.4, 0.5) is 0 Å². The second-order valence-corrected chi connectivity index (χ2v) is 10.0. The van der Waals surface area contributed by atoms with Crippen molar-refractivity contribution >= 4 is 12.2 Å². The van der Waals surface area contributed by atoms with E-state index in [1.165, 1.54) is 5.56 Å². The fourth-order valence-electron chi connectivity index (χ4n) is 4.44. The summed E-state index contributed by atoms with van der Waals surface area (Å²) < 4.78 is 17.6. The van der Waals surface area contributed by atoms with Crippen molar-refractivity contribution in [1.82, 2.24) is 4.90 Å². The van der Waals surface area contributed by atoms with Crippen LogP contribution in [0.15, 0.2) is 47.0 Å². The van der Waals surface area contributed by atoms with E-state index in [2.05, 4.69) is 16.0 Å². The summed E-state index contributed by atoms with van der Waals surface area (Å²) in [4.78, 5) is 18.4. The predicted octanol–water partition coefficient (Wildman–Crippen LogP) is 4.73. The number of rotatable bonds is 8. The van der Waals surface area contributed by atoms with Crippen molar-refractivity contribution in [2.45, 2.75) is 58.0 Å². The Bertz CT molecular complexity index is 913. The van der Waals surface area contributed by atoms with Crippen molar-refractivity contribution in [2.75, 3.05) is 39.9 Å². The maximum Gasteiger partial charge on any atom is 0.307 e. The average molecular weight is 455 g/mol. The number of piperidine rings is 1. The number of likely N-dealkylation sites (tertiary alicyclic amines) is 1. The van der Waals surface area contributed by atoms with Crippen LogP contribution >= 0.6 is 0 Å². The number of carbonyl (C=O) groups excluding carboxylic acids is 1. The Hall–Kier alpha value is -2.60. The van der Waals surface area contributed by atoms with Crippen LogP contribution in [-0.4, -0.2) is 62.6 Å². The topological polar surface area (TPSA) is 60.4 Å². The number of ether oxygens (including phenoxy) is 3. The van der Waals surface area contributed by atoms with Crippen molar-refractivity contribution in [3.63, 3.8) is 0 Å². The van der Waals surface area contributed by atoms with Crippen LogP contribution in [0.3, 0.4) is 0 Å². The van der Waals surface area contributed by atoms with Crippen LogP contribution in [0.1, 0.15) is 52.5 Å². The molecule has 0 amide bonds. The Kier molecular flexibility index (Phi) is 8.35. The van der Waals surface area contributed by atoms with Crippen LogP contribution in [-0.2, 0) is 14.9 Å². The molecule has 0 aliphatic carbocycles. The van der Waals surface area contributed by atoms with E-state index in [1.54, 1.807) is 13.3 Å². The highest BCUT2D eigenvalue weighted by Gasteiger charge is 2.44. The molecule has 0 aromatic heterocycles. The number of esters is 1. The first-order valence-electron chi connectivity index (χ1n) is 11.8. The summed E-state index contributed by atoms with van der Waals surface area (Å²) in [6.07, 6.45) is 10.2. The first kappa shape index (κ1) is 25.0. The molecule has 180 valence electrons. The zero-order valence-corrected chi connectivity index (χ0v) is 20.7. The monoisotopic (exact) mass is 454 g/mol. The van der Waals surface area contributed by atoms with Gasteiger partial charge in [-0.25, -0.2) is 0 Å². The predicted molar refractivity (Wildman–Crippen MR) is 133 cm³/mol. The van der Waals surface area contributed by atoms with Gasteiger partial charge in [0.05, 0.1) is 13.0 Å². The molecule has 1 spiro atoms. The van der Waals surface area contributed by atoms with Gasteiger partial charge >= 0.3 is 5.97 Å². The normalized spacial score (nSPS) is 21.5. The Morgan fingerprint density at radius 2 is 2.12 bits per heavy atom. The molecule has 6 nitrogen and oxygen atoms in total. The maximum absolute atomic E-state index is 12.1. The van der Waals surface area contributed by atoms with Gasteiger partial charge in [-0.3, -0.25) is 9.79 Å². The molecule has 33 heavy (non-hydrogen) atoms. The Balaban J connectivity index is 1.58. The first-order valence-corrected chi connectivity index (χ1v) is 11.8. The number of carbonyl (C=O) groups is 1. The van der Waals surface area contributed by atoms with Crippen LogP contribution in [0.5, 0.6) is 11.5 Å². The van der Waals surface area contributed by atoms with Crippen molar-refractivity contribution in [3.05, 3.63) is 47.6 Å². The molecule has 1 aromatic carbocycles. The third kappa shape index (κ3) is 7.19. The highest BCUT2D eigenvalue weighted by atomic mass is 16.6. The molecular weight excluding hydrogens is 416 g/mol. The molecule has 1 aromatic rings. The van der Waals surface area contributed by atoms with E-state index in [0.29, 0.717) is 19.6 Å². The molecule has 6 heteroatoms. The molecule has 0 radical (unpaired) electrons. The van der Waals surface area contributed by atoms with Crippen LogP contribution in [0.2, 0.25) is 0 Å². The maximum atomic E-state index is 12.1. The summed E-state index contributed by atoms with van der Waals surface area (Å²) in [5.74, 6) is 1.60. The van der Waals surface area contributed by atoms with Gasteiger partial charge in [-0.05, 0) is 64.8 Å². The number of fused-ring (bicyclic) bond motifs is 2. The number of nitrogens with zero attached hydrogens (tertiary/aromatic N) is 2. The van der Waals surface area contributed by atoms with E-state index in [9.17, 15) is 4.79 Å². The van der Waals surface area contributed by atoms with E-state index in [1.807, 2.05) is 58.1 Å². The summed E-state index contributed by atoms with van der Waals surface area (Å²) in [6.45, 7) is 11.6. The quantitative estimate of drug-likeness (QED) is 0.323. The third-order valence-electron chi connectivity index (χ3n) is 5.93. The summed E-state index contributed by atoms with van der Waals surface area (Å²) >= 11 is 0. The highest BCUT2D eigenvalue weighted by molar-refractivity contribution is 5.71. The second kappa shape index (κ2) is 11.0. The molecule has 2 aliphatic rings. The Labute approximate surface area is 198 Å². The lowest BCUT2D eigenvalue weighted by Gasteiger charge is -2.39. The van der Waals surface area contributed by atoms with Gasteiger partial charge in [-0.2, -0.15) is 0 Å². The molecule has 1 atom stereocenters. The number of benzene rings is 1. The molecule has 1 saturated heterocycles. The molecule has 3 rings (SSSR count). The van der Waals surface area contributed by atoms with Gasteiger partial charge in [0.1, 0.15) is 23.7 Å². The van der Waals surface area contributed by atoms with Crippen molar-refractivity contribution < 1.29 is 19.0 Å². The zero-order valence-electron chi connectivity index (χ0n) is 20.7. The largest absolute Gasteiger partial charge is 0.492 e. The molecule has 1 unspecified atom stereocenters. The van der Waals surface area contributed by atoms with Gasteiger partial charge in [-0.1, -0.05) is 18.2 Å². The Morgan fingerprint density at radius 3 is 2.88 bits per heavy atom. The van der Waals surface area contributed by atoms with Gasteiger partial charge in [0, 0.05) is 43.4 Å². The second-order valence-electron chi connectivity index (χ2n) is 10.0. The summed E-state index contributed by atoms with van der Waals surface area (Å²) in [7, 11) is 1.75. The van der Waals surface area contributed by atoms with Crippen molar-refractivity contribution in [1.29, 1.82) is 0 Å². The van der Waals surface area contributed by atoms with Crippen molar-refractivity contribution in [2.24, 2.45) is 4.99 Å². The molecule has 2 aliphatic heterocycles. The summed E-state index contributed by atoms with van der Waals surface area (Å²) in [5.41, 5.74) is 1.93. The van der Waals surface area contributed by atoms with E-state index < -0.39 is 5.60 Å². The minimum atomic E-state index is -0.437. The fraction of sp³-hybridized carbons (Fsp3) is 0.556. The standard InChI is InChI=1S/C27H38N2O4/c1-21(9-6-7-14-28-5)18-31-22-10-11-23-24(17-22)32-20-27(23)13-8-15-29(19-27)16-12-25(30)33-26(2,3)4/h6-7,9-11,14,17H,8,12-13,15-16,18-20H2,1-5H3/b7-6-,21-9+,28-14?. The Morgan fingerprint density at radius 1 is 1.30 bits per heavy atom. The van der Waals surface area contributed by atoms with Crippen LogP contribution in [0.25, 0.3) is 0 Å². The fourth-order valence-corrected chi connectivity index (χ4v) is 4.44. The lowest BCUT2D eigenvalue weighted by atomic mass is 9.75. The summed E-state index contributed by atoms with van der Waals surface area (Å²) in [5, 5.41) is 0. The van der Waals surface area contributed by atoms with Crippen molar-refractivity contribution in [3.8, 4) is 11.5 Å². The van der Waals surface area contributed by atoms with Gasteiger partial charge < -0.3 is 19.1 Å². The SMILES string of the molecule is CN=C/C=C\C=C(/C)COc1ccc2c(c1)OCC21CCCN(CCC(=O)OC(C)(C)C)C1. The molecule has 0 bridgehead atoms. The summed E-state index contributed by atoms with van der Waals surface area (Å²) in [6, 6.07) is 6.21. The first-order chi connectivity index (χ1) is 15.7. The van der Waals surface area contributed by atoms with E-state index in [0.717, 1.165) is 49.5 Å². The molecule has 0 N–H and O–H groups in total. The third-order valence-corrected chi connectivity index (χ3v) is 5.93. The zero-order chi connectivity index (χ0) is 23.9. The average Bonchev–Trinajstić information content (AvgIpc) is 3.10. The molecular formula is C27H38N2O4. The number of hydrogen-bond acceptors (Lipinski definition) is 6. The van der Waals surface area contributed by atoms with Crippen LogP contribution < -0.4 is 9.47 Å². The minimum absolute atomic E-state index is 0.0124. The lowest BCUT2D eigenvalue weighted by molar-refractivity contribution is -0.155.